The number of hydrogen-bond acceptors (Lipinski definition) is 2. The molecule has 4 nitrogen and oxygen atoms in total. The number of aliphatic carboxylic acids is 1. The zero-order chi connectivity index (χ0) is 9.14. The van der Waals surface area contributed by atoms with Crippen molar-refractivity contribution in [1.82, 2.24) is 4.90 Å². The number of carboxylic acids is 1. The summed E-state index contributed by atoms with van der Waals surface area (Å²) >= 11 is 0. The largest absolute Gasteiger partial charge is 0.472 e. The van der Waals surface area contributed by atoms with Gasteiger partial charge in [-0.25, -0.2) is 4.79 Å². The molecule has 0 radical (unpaired) electrons. The summed E-state index contributed by atoms with van der Waals surface area (Å²) in [6, 6.07) is -0.182. The Kier molecular flexibility index (Phi) is 2.34. The molecule has 1 fully saturated rings. The van der Waals surface area contributed by atoms with Crippen molar-refractivity contribution in [3.63, 3.8) is 0 Å². The highest BCUT2D eigenvalue weighted by molar-refractivity contribution is 5.86. The van der Waals surface area contributed by atoms with Crippen molar-refractivity contribution in [2.24, 2.45) is 0 Å². The molecule has 1 amide bonds. The molecule has 4 heteroatoms. The fraction of sp³-hybridized carbons (Fsp3) is 0.500. The third kappa shape index (κ3) is 1.76. The van der Waals surface area contributed by atoms with Crippen LogP contribution in [0.3, 0.4) is 0 Å². The molecular weight excluding hydrogens is 158 g/mol. The summed E-state index contributed by atoms with van der Waals surface area (Å²) in [6.45, 7) is 2.14. The molecule has 0 aromatic heterocycles. The van der Waals surface area contributed by atoms with Crippen LogP contribution < -0.4 is 0 Å². The van der Waals surface area contributed by atoms with Gasteiger partial charge in [0.2, 0.25) is 5.91 Å². The highest BCUT2D eigenvalue weighted by Crippen LogP contribution is 2.15. The van der Waals surface area contributed by atoms with E-state index in [9.17, 15) is 9.59 Å². The van der Waals surface area contributed by atoms with E-state index in [1.54, 1.807) is 4.90 Å². The Morgan fingerprint density at radius 1 is 1.58 bits per heavy atom. The molecule has 1 aliphatic heterocycles. The summed E-state index contributed by atoms with van der Waals surface area (Å²) in [5, 5.41) is 8.23. The number of amides is 1. The van der Waals surface area contributed by atoms with E-state index in [0.29, 0.717) is 6.54 Å². The number of carbonyl (C=O) groups excluding carboxylic acids is 1. The van der Waals surface area contributed by atoms with Crippen LogP contribution in [0.4, 0.5) is 0 Å². The van der Waals surface area contributed by atoms with Gasteiger partial charge in [0.25, 0.3) is 0 Å². The number of carbonyl (C=O) groups is 2. The second-order valence-corrected chi connectivity index (χ2v) is 2.59. The molecule has 1 N–H and O–H groups in total. The predicted octanol–water partition coefficient (Wildman–Crippen LogP) is -0.305. The molecule has 1 aliphatic rings. The van der Waals surface area contributed by atoms with Gasteiger partial charge in [0.1, 0.15) is 0 Å². The van der Waals surface area contributed by atoms with Gasteiger partial charge >= 0.3 is 5.97 Å². The van der Waals surface area contributed by atoms with Crippen LogP contribution >= 0.6 is 0 Å². The van der Waals surface area contributed by atoms with E-state index in [0.717, 1.165) is 6.42 Å². The average molecular weight is 167 g/mol. The molecule has 0 bridgehead atoms. The molecule has 0 spiro atoms. The number of likely N-dealkylation sites (tertiary alicyclic amines) is 1. The molecule has 1 saturated heterocycles. The number of carboxylic acid groups (broad SMARTS) is 1. The van der Waals surface area contributed by atoms with Crippen LogP contribution in [0.25, 0.3) is 0 Å². The zero-order valence-electron chi connectivity index (χ0n) is 6.70. The smallest absolute Gasteiger partial charge is 0.381 e. The van der Waals surface area contributed by atoms with Gasteiger partial charge in [-0.2, -0.15) is 0 Å². The lowest BCUT2D eigenvalue weighted by Gasteiger charge is -2.36. The maximum Gasteiger partial charge on any atom is 0.381 e. The molecule has 1 heterocycles. The Morgan fingerprint density at radius 3 is 2.58 bits per heavy atom. The van der Waals surface area contributed by atoms with Crippen LogP contribution in [0.2, 0.25) is 0 Å². The lowest BCUT2D eigenvalue weighted by Crippen LogP contribution is -2.49. The van der Waals surface area contributed by atoms with Crippen molar-refractivity contribution >= 4 is 11.9 Å². The van der Waals surface area contributed by atoms with Crippen molar-refractivity contribution in [1.29, 1.82) is 0 Å². The molecule has 1 unspecified atom stereocenters. The van der Waals surface area contributed by atoms with Crippen molar-refractivity contribution in [2.45, 2.75) is 19.4 Å². The van der Waals surface area contributed by atoms with E-state index >= 15 is 0 Å². The Balaban J connectivity index is 2.52. The lowest BCUT2D eigenvalue weighted by atomic mass is 10.0. The molecule has 0 aliphatic carbocycles. The number of hydrogen-bond donors (Lipinski definition) is 1. The van der Waals surface area contributed by atoms with Gasteiger partial charge in [0, 0.05) is 19.4 Å². The van der Waals surface area contributed by atoms with E-state index in [-0.39, 0.29) is 11.9 Å². The molecule has 1 rings (SSSR count). The predicted molar refractivity (Wildman–Crippen MR) is 41.2 cm³/mol. The van der Waals surface area contributed by atoms with Crippen molar-refractivity contribution in [3.05, 3.63) is 0 Å². The minimum atomic E-state index is -1.15. The van der Waals surface area contributed by atoms with Gasteiger partial charge in [-0.1, -0.05) is 5.92 Å². The quantitative estimate of drug-likeness (QED) is 0.504. The number of rotatable bonds is 0. The minimum absolute atomic E-state index is 0.0501. The van der Waals surface area contributed by atoms with E-state index in [2.05, 4.69) is 5.92 Å². The van der Waals surface area contributed by atoms with Crippen molar-refractivity contribution < 1.29 is 14.7 Å². The Morgan fingerprint density at radius 2 is 2.25 bits per heavy atom. The van der Waals surface area contributed by atoms with Crippen LogP contribution in [-0.2, 0) is 9.59 Å². The molecule has 1 atom stereocenters. The average Bonchev–Trinajstić information content (AvgIpc) is 1.82. The Bertz CT molecular complexity index is 274. The number of nitrogens with zero attached hydrogens (tertiary/aromatic N) is 1. The summed E-state index contributed by atoms with van der Waals surface area (Å²) < 4.78 is 0. The van der Waals surface area contributed by atoms with Gasteiger partial charge in [-0.15, -0.1) is 0 Å². The van der Waals surface area contributed by atoms with E-state index in [4.69, 9.17) is 5.11 Å². The van der Waals surface area contributed by atoms with Gasteiger partial charge in [0.05, 0.1) is 6.04 Å². The highest BCUT2D eigenvalue weighted by atomic mass is 16.4. The molecular formula is C8H9NO3. The third-order valence-corrected chi connectivity index (χ3v) is 1.77. The molecule has 12 heavy (non-hydrogen) atoms. The van der Waals surface area contributed by atoms with Gasteiger partial charge in [-0.3, -0.25) is 4.79 Å². The monoisotopic (exact) mass is 167 g/mol. The summed E-state index contributed by atoms with van der Waals surface area (Å²) in [5.74, 6) is 3.31. The first kappa shape index (κ1) is 8.60. The Hall–Kier alpha value is -1.50. The third-order valence-electron chi connectivity index (χ3n) is 1.77. The second kappa shape index (κ2) is 3.26. The first-order valence-electron chi connectivity index (χ1n) is 3.63. The maximum absolute atomic E-state index is 10.8. The lowest BCUT2D eigenvalue weighted by molar-refractivity contribution is -0.134. The molecule has 0 aromatic rings. The first-order chi connectivity index (χ1) is 5.61. The summed E-state index contributed by atoms with van der Waals surface area (Å²) in [5.41, 5.74) is 0. The van der Waals surface area contributed by atoms with Crippen LogP contribution in [-0.4, -0.2) is 34.5 Å². The topological polar surface area (TPSA) is 57.6 Å². The SMILES string of the molecule is CC(=O)N1CCC1C#CC(=O)O. The second-order valence-electron chi connectivity index (χ2n) is 2.59. The standard InChI is InChI=1S/C8H9NO3/c1-6(10)9-5-4-7(9)2-3-8(11)12/h7H,4-5H2,1H3,(H,11,12). The van der Waals surface area contributed by atoms with Gasteiger partial charge < -0.3 is 10.0 Å². The van der Waals surface area contributed by atoms with E-state index in [1.165, 1.54) is 6.92 Å². The van der Waals surface area contributed by atoms with Gasteiger partial charge in [0.15, 0.2) is 0 Å². The zero-order valence-corrected chi connectivity index (χ0v) is 6.70. The summed E-state index contributed by atoms with van der Waals surface area (Å²) in [4.78, 5) is 22.4. The van der Waals surface area contributed by atoms with E-state index < -0.39 is 5.97 Å². The van der Waals surface area contributed by atoms with E-state index in [1.807, 2.05) is 5.92 Å². The molecule has 0 aromatic carbocycles. The molecule has 0 saturated carbocycles. The van der Waals surface area contributed by atoms with Gasteiger partial charge in [-0.05, 0) is 6.42 Å². The Labute approximate surface area is 70.2 Å². The maximum atomic E-state index is 10.8. The minimum Gasteiger partial charge on any atom is -0.472 e. The normalized spacial score (nSPS) is 20.4. The van der Waals surface area contributed by atoms with Crippen molar-refractivity contribution in [3.8, 4) is 11.8 Å². The fourth-order valence-corrected chi connectivity index (χ4v) is 1.06. The summed E-state index contributed by atoms with van der Waals surface area (Å²) in [7, 11) is 0. The molecule has 64 valence electrons. The van der Waals surface area contributed by atoms with Crippen LogP contribution in [0.5, 0.6) is 0 Å². The fourth-order valence-electron chi connectivity index (χ4n) is 1.06. The van der Waals surface area contributed by atoms with Crippen molar-refractivity contribution in [2.75, 3.05) is 6.54 Å². The van der Waals surface area contributed by atoms with Crippen LogP contribution in [0, 0.1) is 11.8 Å². The highest BCUT2D eigenvalue weighted by Gasteiger charge is 2.28. The van der Waals surface area contributed by atoms with Crippen LogP contribution in [0.15, 0.2) is 0 Å². The summed E-state index contributed by atoms with van der Waals surface area (Å²) in [6.07, 6.45) is 0.778. The first-order valence-corrected chi connectivity index (χ1v) is 3.63. The van der Waals surface area contributed by atoms with Crippen LogP contribution in [0.1, 0.15) is 13.3 Å².